The van der Waals surface area contributed by atoms with Crippen LogP contribution in [-0.4, -0.2) is 42.2 Å². The fourth-order valence-corrected chi connectivity index (χ4v) is 4.07. The van der Waals surface area contributed by atoms with Crippen molar-refractivity contribution in [2.45, 2.75) is 45.2 Å². The second-order valence-corrected chi connectivity index (χ2v) is 9.85. The summed E-state index contributed by atoms with van der Waals surface area (Å²) in [6.45, 7) is 7.53. The Labute approximate surface area is 208 Å². The Kier molecular flexibility index (Phi) is 6.23. The van der Waals surface area contributed by atoms with E-state index in [2.05, 4.69) is 47.1 Å². The average Bonchev–Trinajstić information content (AvgIpc) is 3.46. The molecule has 0 saturated carbocycles. The van der Waals surface area contributed by atoms with E-state index in [0.29, 0.717) is 18.3 Å². The summed E-state index contributed by atoms with van der Waals surface area (Å²) >= 11 is 0. The highest BCUT2D eigenvalue weighted by molar-refractivity contribution is 5.90. The van der Waals surface area contributed by atoms with Crippen LogP contribution in [0.15, 0.2) is 47.6 Å². The largest absolute Gasteiger partial charge is 0.441 e. The van der Waals surface area contributed by atoms with Gasteiger partial charge in [-0.3, -0.25) is 9.48 Å². The number of oxazole rings is 1. The van der Waals surface area contributed by atoms with Crippen molar-refractivity contribution in [3.63, 3.8) is 0 Å². The topological polar surface area (TPSA) is 136 Å². The Balaban J connectivity index is 1.36. The number of aryl methyl sites for hydroxylation is 1. The molecule has 11 heteroatoms. The molecule has 0 spiro atoms. The summed E-state index contributed by atoms with van der Waals surface area (Å²) in [4.78, 5) is 30.5. The quantitative estimate of drug-likeness (QED) is 0.387. The van der Waals surface area contributed by atoms with Gasteiger partial charge in [0.05, 0.1) is 23.6 Å². The van der Waals surface area contributed by atoms with E-state index < -0.39 is 0 Å². The van der Waals surface area contributed by atoms with Gasteiger partial charge in [0.2, 0.25) is 5.95 Å². The molecule has 36 heavy (non-hydrogen) atoms. The molecule has 1 atom stereocenters. The van der Waals surface area contributed by atoms with E-state index in [4.69, 9.17) is 4.42 Å². The lowest BCUT2D eigenvalue weighted by Gasteiger charge is -2.19. The van der Waals surface area contributed by atoms with E-state index in [-0.39, 0.29) is 23.3 Å². The average molecular weight is 488 g/mol. The zero-order chi connectivity index (χ0) is 25.3. The van der Waals surface area contributed by atoms with Gasteiger partial charge in [-0.1, -0.05) is 32.9 Å². The van der Waals surface area contributed by atoms with Gasteiger partial charge in [-0.2, -0.15) is 10.1 Å². The number of fused-ring (bicyclic) bond motifs is 1. The van der Waals surface area contributed by atoms with Crippen LogP contribution in [0.2, 0.25) is 0 Å². The van der Waals surface area contributed by atoms with Crippen molar-refractivity contribution in [2.24, 2.45) is 7.05 Å². The first-order chi connectivity index (χ1) is 17.3. The summed E-state index contributed by atoms with van der Waals surface area (Å²) in [5.74, 6) is 0.746. The van der Waals surface area contributed by atoms with E-state index in [1.54, 1.807) is 17.1 Å². The number of amides is 1. The molecule has 4 aromatic rings. The molecule has 0 saturated heterocycles. The first-order valence-corrected chi connectivity index (χ1v) is 11.8. The van der Waals surface area contributed by atoms with Crippen molar-refractivity contribution in [3.05, 3.63) is 65.9 Å². The number of nitrogens with one attached hydrogen (secondary N) is 3. The van der Waals surface area contributed by atoms with Crippen LogP contribution in [0.4, 0.5) is 11.6 Å². The SMILES string of the molecule is Cn1cc(Nc2ncnc(-c3ccc4c(c3)CNCC[C@H]4NC(=O)c3nc(C(C)(C)C)co3)n2)cn1. The molecule has 4 heterocycles. The summed E-state index contributed by atoms with van der Waals surface area (Å²) < 4.78 is 7.17. The molecule has 1 amide bonds. The first-order valence-electron chi connectivity index (χ1n) is 11.8. The van der Waals surface area contributed by atoms with Crippen molar-refractivity contribution < 1.29 is 9.21 Å². The molecule has 0 radical (unpaired) electrons. The lowest BCUT2D eigenvalue weighted by Crippen LogP contribution is -2.30. The number of nitrogens with zero attached hydrogens (tertiary/aromatic N) is 6. The number of carbonyl (C=O) groups is 1. The van der Waals surface area contributed by atoms with E-state index in [0.717, 1.165) is 41.0 Å². The third kappa shape index (κ3) is 5.10. The summed E-state index contributed by atoms with van der Waals surface area (Å²) in [5, 5.41) is 13.8. The van der Waals surface area contributed by atoms with E-state index in [1.165, 1.54) is 6.33 Å². The number of aromatic nitrogens is 6. The molecule has 186 valence electrons. The molecule has 3 N–H and O–H groups in total. The maximum atomic E-state index is 12.9. The molecular formula is C25H29N9O2. The van der Waals surface area contributed by atoms with Gasteiger partial charge in [0.1, 0.15) is 12.6 Å². The number of rotatable bonds is 5. The van der Waals surface area contributed by atoms with Crippen LogP contribution in [0.25, 0.3) is 11.4 Å². The lowest BCUT2D eigenvalue weighted by atomic mass is 9.93. The maximum absolute atomic E-state index is 12.9. The molecule has 1 aromatic carbocycles. The lowest BCUT2D eigenvalue weighted by molar-refractivity contribution is 0.0900. The molecule has 1 aliphatic heterocycles. The van der Waals surface area contributed by atoms with Gasteiger partial charge >= 0.3 is 5.91 Å². The Morgan fingerprint density at radius 1 is 1.22 bits per heavy atom. The van der Waals surface area contributed by atoms with Crippen LogP contribution in [0.5, 0.6) is 0 Å². The molecule has 0 aliphatic carbocycles. The minimum atomic E-state index is -0.323. The monoisotopic (exact) mass is 487 g/mol. The van der Waals surface area contributed by atoms with Gasteiger partial charge in [-0.15, -0.1) is 0 Å². The molecule has 0 bridgehead atoms. The first kappa shape index (κ1) is 23.6. The fourth-order valence-electron chi connectivity index (χ4n) is 4.07. The van der Waals surface area contributed by atoms with Crippen molar-refractivity contribution >= 4 is 17.5 Å². The van der Waals surface area contributed by atoms with Gasteiger partial charge in [-0.25, -0.2) is 15.0 Å². The van der Waals surface area contributed by atoms with E-state index in [1.807, 2.05) is 46.1 Å². The highest BCUT2D eigenvalue weighted by Crippen LogP contribution is 2.29. The smallest absolute Gasteiger partial charge is 0.307 e. The minimum Gasteiger partial charge on any atom is -0.441 e. The third-order valence-corrected chi connectivity index (χ3v) is 6.01. The Morgan fingerprint density at radius 3 is 2.83 bits per heavy atom. The third-order valence-electron chi connectivity index (χ3n) is 6.01. The Hall–Kier alpha value is -4.12. The van der Waals surface area contributed by atoms with E-state index >= 15 is 0 Å². The van der Waals surface area contributed by atoms with Gasteiger partial charge in [0.25, 0.3) is 5.89 Å². The standard InChI is InChI=1S/C25H29N9O2/c1-25(2,3)20-13-36-23(32-20)22(35)31-19-7-8-26-10-16-9-15(5-6-18(16)19)21-27-14-28-24(33-21)30-17-11-29-34(4)12-17/h5-6,9,11-14,19,26H,7-8,10H2,1-4H3,(H,31,35)(H,27,28,30,33)/t19-/m1/s1. The number of benzene rings is 1. The van der Waals surface area contributed by atoms with Crippen LogP contribution in [0.3, 0.4) is 0 Å². The number of hydrogen-bond donors (Lipinski definition) is 3. The molecule has 1 aliphatic rings. The Bertz CT molecular complexity index is 1390. The van der Waals surface area contributed by atoms with E-state index in [9.17, 15) is 4.79 Å². The molecule has 0 fully saturated rings. The second kappa shape index (κ2) is 9.50. The molecule has 5 rings (SSSR count). The number of anilines is 2. The molecule has 0 unspecified atom stereocenters. The zero-order valence-electron chi connectivity index (χ0n) is 20.7. The van der Waals surface area contributed by atoms with Crippen molar-refractivity contribution in [1.29, 1.82) is 0 Å². The van der Waals surface area contributed by atoms with Crippen LogP contribution in [-0.2, 0) is 19.0 Å². The predicted octanol–water partition coefficient (Wildman–Crippen LogP) is 3.27. The molecular weight excluding hydrogens is 458 g/mol. The van der Waals surface area contributed by atoms with Gasteiger partial charge in [-0.05, 0) is 30.2 Å². The molecule has 11 nitrogen and oxygen atoms in total. The fraction of sp³-hybridized carbons (Fsp3) is 0.360. The zero-order valence-corrected chi connectivity index (χ0v) is 20.7. The summed E-state index contributed by atoms with van der Waals surface area (Å²) in [6.07, 6.45) is 7.32. The van der Waals surface area contributed by atoms with Crippen molar-refractivity contribution in [3.8, 4) is 11.4 Å². The number of hydrogen-bond acceptors (Lipinski definition) is 9. The van der Waals surface area contributed by atoms with Crippen molar-refractivity contribution in [2.75, 3.05) is 11.9 Å². The highest BCUT2D eigenvalue weighted by Gasteiger charge is 2.26. The van der Waals surface area contributed by atoms with Crippen LogP contribution >= 0.6 is 0 Å². The van der Waals surface area contributed by atoms with Crippen LogP contribution in [0.1, 0.15) is 60.7 Å². The summed E-state index contributed by atoms with van der Waals surface area (Å²) in [5.41, 5.74) is 4.32. The van der Waals surface area contributed by atoms with Crippen LogP contribution < -0.4 is 16.0 Å². The van der Waals surface area contributed by atoms with Gasteiger partial charge in [0.15, 0.2) is 5.82 Å². The minimum absolute atomic E-state index is 0.0779. The highest BCUT2D eigenvalue weighted by atomic mass is 16.4. The van der Waals surface area contributed by atoms with Crippen LogP contribution in [0, 0.1) is 0 Å². The summed E-state index contributed by atoms with van der Waals surface area (Å²) in [7, 11) is 1.84. The number of carbonyl (C=O) groups excluding carboxylic acids is 1. The summed E-state index contributed by atoms with van der Waals surface area (Å²) in [6, 6.07) is 5.87. The molecule has 3 aromatic heterocycles. The Morgan fingerprint density at radius 2 is 2.08 bits per heavy atom. The maximum Gasteiger partial charge on any atom is 0.307 e. The normalized spacial score (nSPS) is 15.7. The van der Waals surface area contributed by atoms with Gasteiger partial charge < -0.3 is 20.4 Å². The predicted molar refractivity (Wildman–Crippen MR) is 133 cm³/mol. The second-order valence-electron chi connectivity index (χ2n) is 9.85. The van der Waals surface area contributed by atoms with Gasteiger partial charge in [0, 0.05) is 30.8 Å². The van der Waals surface area contributed by atoms with Crippen molar-refractivity contribution in [1.82, 2.24) is 40.3 Å².